The summed E-state index contributed by atoms with van der Waals surface area (Å²) < 4.78 is 0. The number of carbonyl (C=O) groups excluding carboxylic acids is 1. The van der Waals surface area contributed by atoms with Gasteiger partial charge >= 0.3 is 0 Å². The second kappa shape index (κ2) is 3.58. The molecule has 0 saturated heterocycles. The molecule has 0 amide bonds. The summed E-state index contributed by atoms with van der Waals surface area (Å²) in [5, 5.41) is 21.8. The first-order chi connectivity index (χ1) is 7.59. The number of aromatic carboxylic acids is 1. The largest absolute Gasteiger partial charge is 0.545 e. The normalized spacial score (nSPS) is 10.2. The number of nitro benzene ring substituents is 1. The molecule has 2 aromatic rings. The zero-order valence-corrected chi connectivity index (χ0v) is 7.91. The van der Waals surface area contributed by atoms with Crippen molar-refractivity contribution in [3.63, 3.8) is 0 Å². The molecule has 0 saturated carbocycles. The Morgan fingerprint density at radius 1 is 1.38 bits per heavy atom. The molecule has 16 heavy (non-hydrogen) atoms. The molecule has 0 spiro atoms. The summed E-state index contributed by atoms with van der Waals surface area (Å²) in [5.41, 5.74) is -0.401. The van der Waals surface area contributed by atoms with E-state index in [1.165, 1.54) is 12.3 Å². The predicted octanol–water partition coefficient (Wildman–Crippen LogP) is 0.507. The van der Waals surface area contributed by atoms with Gasteiger partial charge in [0.15, 0.2) is 0 Å². The maximum absolute atomic E-state index is 10.7. The Morgan fingerprint density at radius 2 is 2.12 bits per heavy atom. The highest BCUT2D eigenvalue weighted by Crippen LogP contribution is 2.24. The molecule has 1 heterocycles. The summed E-state index contributed by atoms with van der Waals surface area (Å²) in [5.74, 6) is -1.45. The smallest absolute Gasteiger partial charge is 0.296 e. The zero-order chi connectivity index (χ0) is 11.7. The highest BCUT2D eigenvalue weighted by Gasteiger charge is 2.14. The lowest BCUT2D eigenvalue weighted by atomic mass is 10.1. The molecule has 0 aliphatic carbocycles. The van der Waals surface area contributed by atoms with Crippen molar-refractivity contribution in [3.05, 3.63) is 46.1 Å². The van der Waals surface area contributed by atoms with Gasteiger partial charge in [0.2, 0.25) is 0 Å². The monoisotopic (exact) mass is 217 g/mol. The van der Waals surface area contributed by atoms with Crippen molar-refractivity contribution in [2.75, 3.05) is 0 Å². The molecule has 0 unspecified atom stereocenters. The van der Waals surface area contributed by atoms with E-state index in [0.717, 1.165) is 6.07 Å². The number of hydrogen-bond donors (Lipinski definition) is 0. The van der Waals surface area contributed by atoms with Gasteiger partial charge in [-0.15, -0.1) is 0 Å². The fraction of sp³-hybridized carbons (Fsp3) is 0. The summed E-state index contributed by atoms with van der Waals surface area (Å²) in [6.45, 7) is 0. The Labute approximate surface area is 89.3 Å². The third-order valence-electron chi connectivity index (χ3n) is 2.12. The van der Waals surface area contributed by atoms with Crippen LogP contribution in [0.5, 0.6) is 0 Å². The Kier molecular flexibility index (Phi) is 2.24. The maximum atomic E-state index is 10.7. The third-order valence-corrected chi connectivity index (χ3v) is 2.12. The second-order valence-electron chi connectivity index (χ2n) is 3.12. The van der Waals surface area contributed by atoms with Crippen molar-refractivity contribution < 1.29 is 14.8 Å². The van der Waals surface area contributed by atoms with E-state index >= 15 is 0 Å². The summed E-state index contributed by atoms with van der Waals surface area (Å²) >= 11 is 0. The Balaban J connectivity index is 2.84. The Bertz CT molecular complexity index is 594. The lowest BCUT2D eigenvalue weighted by molar-refractivity contribution is -0.383. The molecule has 0 aliphatic rings. The SMILES string of the molecule is O=C([O-])c1cc([N+](=O)[O-])c2ncccc2c1. The molecule has 0 atom stereocenters. The highest BCUT2D eigenvalue weighted by atomic mass is 16.6. The van der Waals surface area contributed by atoms with Gasteiger partial charge < -0.3 is 9.90 Å². The summed E-state index contributed by atoms with van der Waals surface area (Å²) in [4.78, 5) is 24.6. The number of non-ortho nitro benzene ring substituents is 1. The standard InChI is InChI=1S/C10H6N2O4/c13-10(14)7-4-6-2-1-3-11-9(6)8(5-7)12(15)16/h1-5H,(H,13,14)/p-1. The van der Waals surface area contributed by atoms with Gasteiger partial charge in [-0.3, -0.25) is 10.1 Å². The van der Waals surface area contributed by atoms with Gasteiger partial charge in [-0.1, -0.05) is 6.07 Å². The van der Waals surface area contributed by atoms with E-state index in [9.17, 15) is 20.0 Å². The van der Waals surface area contributed by atoms with Gasteiger partial charge in [0.1, 0.15) is 5.52 Å². The first-order valence-corrected chi connectivity index (χ1v) is 4.34. The van der Waals surface area contributed by atoms with Gasteiger partial charge in [-0.2, -0.15) is 0 Å². The number of fused-ring (bicyclic) bond motifs is 1. The molecule has 2 rings (SSSR count). The van der Waals surface area contributed by atoms with Crippen LogP contribution in [-0.4, -0.2) is 15.9 Å². The van der Waals surface area contributed by atoms with Crippen molar-refractivity contribution in [2.45, 2.75) is 0 Å². The molecule has 0 N–H and O–H groups in total. The average molecular weight is 217 g/mol. The molecule has 1 aromatic carbocycles. The molecule has 80 valence electrons. The maximum Gasteiger partial charge on any atom is 0.296 e. The van der Waals surface area contributed by atoms with E-state index in [-0.39, 0.29) is 16.8 Å². The van der Waals surface area contributed by atoms with Crippen LogP contribution in [0.25, 0.3) is 10.9 Å². The summed E-state index contributed by atoms with van der Waals surface area (Å²) in [7, 11) is 0. The molecule has 0 aliphatic heterocycles. The summed E-state index contributed by atoms with van der Waals surface area (Å²) in [6, 6.07) is 5.38. The van der Waals surface area contributed by atoms with E-state index in [4.69, 9.17) is 0 Å². The van der Waals surface area contributed by atoms with Crippen LogP contribution >= 0.6 is 0 Å². The fourth-order valence-electron chi connectivity index (χ4n) is 1.43. The minimum atomic E-state index is -1.45. The number of carbonyl (C=O) groups is 1. The van der Waals surface area contributed by atoms with Crippen molar-refractivity contribution in [1.29, 1.82) is 0 Å². The van der Waals surface area contributed by atoms with Crippen LogP contribution in [0.15, 0.2) is 30.5 Å². The molecular formula is C10H5N2O4-. The van der Waals surface area contributed by atoms with Crippen LogP contribution in [-0.2, 0) is 0 Å². The third kappa shape index (κ3) is 1.56. The van der Waals surface area contributed by atoms with Crippen molar-refractivity contribution >= 4 is 22.6 Å². The molecule has 6 heteroatoms. The molecule has 0 radical (unpaired) electrons. The van der Waals surface area contributed by atoms with Gasteiger partial charge in [0.25, 0.3) is 5.69 Å². The number of hydrogen-bond acceptors (Lipinski definition) is 5. The van der Waals surface area contributed by atoms with Crippen molar-refractivity contribution in [2.24, 2.45) is 0 Å². The minimum Gasteiger partial charge on any atom is -0.545 e. The van der Waals surface area contributed by atoms with Crippen molar-refractivity contribution in [3.8, 4) is 0 Å². The topological polar surface area (TPSA) is 96.2 Å². The highest BCUT2D eigenvalue weighted by molar-refractivity contribution is 5.96. The van der Waals surface area contributed by atoms with Crippen LogP contribution in [0.2, 0.25) is 0 Å². The lowest BCUT2D eigenvalue weighted by Gasteiger charge is -2.04. The number of benzene rings is 1. The quantitative estimate of drug-likeness (QED) is 0.539. The van der Waals surface area contributed by atoms with Crippen LogP contribution in [0.4, 0.5) is 5.69 Å². The fourth-order valence-corrected chi connectivity index (χ4v) is 1.43. The van der Waals surface area contributed by atoms with Crippen LogP contribution in [0, 0.1) is 10.1 Å². The number of carboxylic acids is 1. The Hall–Kier alpha value is -2.50. The lowest BCUT2D eigenvalue weighted by Crippen LogP contribution is -2.22. The first-order valence-electron chi connectivity index (χ1n) is 4.34. The van der Waals surface area contributed by atoms with Crippen molar-refractivity contribution in [1.82, 2.24) is 4.98 Å². The van der Waals surface area contributed by atoms with Gasteiger partial charge in [-0.05, 0) is 12.1 Å². The number of nitro groups is 1. The molecule has 0 fully saturated rings. The first kappa shape index (κ1) is 10.0. The van der Waals surface area contributed by atoms with E-state index in [1.807, 2.05) is 0 Å². The van der Waals surface area contributed by atoms with Gasteiger partial charge in [0.05, 0.1) is 10.9 Å². The summed E-state index contributed by atoms with van der Waals surface area (Å²) in [6.07, 6.45) is 1.41. The minimum absolute atomic E-state index is 0.164. The predicted molar refractivity (Wildman–Crippen MR) is 52.7 cm³/mol. The second-order valence-corrected chi connectivity index (χ2v) is 3.12. The van der Waals surface area contributed by atoms with E-state index in [0.29, 0.717) is 5.39 Å². The van der Waals surface area contributed by atoms with E-state index in [2.05, 4.69) is 4.98 Å². The zero-order valence-electron chi connectivity index (χ0n) is 7.91. The molecule has 0 bridgehead atoms. The molecule has 1 aromatic heterocycles. The number of rotatable bonds is 2. The number of aromatic nitrogens is 1. The Morgan fingerprint density at radius 3 is 2.75 bits per heavy atom. The molecular weight excluding hydrogens is 212 g/mol. The average Bonchev–Trinajstić information content (AvgIpc) is 2.27. The van der Waals surface area contributed by atoms with Gasteiger partial charge in [0, 0.05) is 23.2 Å². The van der Waals surface area contributed by atoms with Crippen LogP contribution < -0.4 is 5.11 Å². The van der Waals surface area contributed by atoms with Gasteiger partial charge in [-0.25, -0.2) is 4.98 Å². The van der Waals surface area contributed by atoms with Crippen LogP contribution in [0.3, 0.4) is 0 Å². The number of carboxylic acid groups (broad SMARTS) is 1. The van der Waals surface area contributed by atoms with E-state index in [1.54, 1.807) is 12.1 Å². The number of pyridine rings is 1. The van der Waals surface area contributed by atoms with Crippen LogP contribution in [0.1, 0.15) is 10.4 Å². The number of nitrogens with zero attached hydrogens (tertiary/aromatic N) is 2. The van der Waals surface area contributed by atoms with E-state index < -0.39 is 10.9 Å². The molecule has 6 nitrogen and oxygen atoms in total.